The van der Waals surface area contributed by atoms with Crippen LogP contribution in [0.5, 0.6) is 0 Å². The van der Waals surface area contributed by atoms with Gasteiger partial charge in [0.2, 0.25) is 5.91 Å². The van der Waals surface area contributed by atoms with Gasteiger partial charge in [-0.2, -0.15) is 0 Å². The minimum atomic E-state index is -0.240. The maximum atomic E-state index is 10.7. The summed E-state index contributed by atoms with van der Waals surface area (Å²) < 4.78 is 0. The van der Waals surface area contributed by atoms with Gasteiger partial charge in [0.1, 0.15) is 0 Å². The molecule has 0 fully saturated rings. The van der Waals surface area contributed by atoms with E-state index in [1.807, 2.05) is 5.43 Å². The molecule has 0 radical (unpaired) electrons. The van der Waals surface area contributed by atoms with E-state index in [2.05, 4.69) is 0 Å². The number of amides is 1. The van der Waals surface area contributed by atoms with Gasteiger partial charge in [0, 0.05) is 6.42 Å². The number of nitrogens with two attached hydrogens (primary N) is 1. The number of hydrogen-bond donors (Lipinski definition) is 3. The molecule has 0 aromatic carbocycles. The highest BCUT2D eigenvalue weighted by Gasteiger charge is 2.01. The molecule has 4 nitrogen and oxygen atoms in total. The minimum Gasteiger partial charge on any atom is -0.392 e. The largest absolute Gasteiger partial charge is 0.392 e. The van der Waals surface area contributed by atoms with Crippen molar-refractivity contribution in [3.05, 3.63) is 11.1 Å². The standard InChI is InChI=1S/C7H14N2O2/c1-5(6(2)4-10)3-7(11)9-8/h10H,3-4,8H2,1-2H3,(H,9,11). The second kappa shape index (κ2) is 4.87. The van der Waals surface area contributed by atoms with Crippen LogP contribution in [0.2, 0.25) is 0 Å². The first kappa shape index (κ1) is 10.1. The first-order valence-electron chi connectivity index (χ1n) is 3.37. The van der Waals surface area contributed by atoms with Crippen LogP contribution >= 0.6 is 0 Å². The normalized spacial score (nSPS) is 12.4. The lowest BCUT2D eigenvalue weighted by Crippen LogP contribution is -2.30. The summed E-state index contributed by atoms with van der Waals surface area (Å²) >= 11 is 0. The number of hydrogen-bond acceptors (Lipinski definition) is 3. The maximum absolute atomic E-state index is 10.7. The van der Waals surface area contributed by atoms with Crippen molar-refractivity contribution >= 4 is 5.91 Å². The minimum absolute atomic E-state index is 0.0102. The van der Waals surface area contributed by atoms with Gasteiger partial charge in [-0.25, -0.2) is 5.84 Å². The van der Waals surface area contributed by atoms with Crippen LogP contribution in [0.15, 0.2) is 11.1 Å². The zero-order valence-corrected chi connectivity index (χ0v) is 6.85. The van der Waals surface area contributed by atoms with Crippen molar-refractivity contribution in [2.24, 2.45) is 5.84 Å². The van der Waals surface area contributed by atoms with Gasteiger partial charge in [0.05, 0.1) is 6.61 Å². The predicted octanol–water partition coefficient (Wildman–Crippen LogP) is -0.305. The Morgan fingerprint density at radius 2 is 2.00 bits per heavy atom. The molecule has 0 saturated carbocycles. The molecular formula is C7H14N2O2. The molecule has 0 saturated heterocycles. The van der Waals surface area contributed by atoms with Crippen LogP contribution in [0.3, 0.4) is 0 Å². The number of nitrogens with one attached hydrogen (secondary N) is 1. The van der Waals surface area contributed by atoms with Crippen LogP contribution < -0.4 is 11.3 Å². The molecule has 11 heavy (non-hydrogen) atoms. The van der Waals surface area contributed by atoms with E-state index in [0.29, 0.717) is 0 Å². The molecule has 64 valence electrons. The molecule has 1 amide bonds. The van der Waals surface area contributed by atoms with Crippen molar-refractivity contribution in [3.63, 3.8) is 0 Å². The van der Waals surface area contributed by atoms with Crippen molar-refractivity contribution in [1.29, 1.82) is 0 Å². The second-order valence-corrected chi connectivity index (χ2v) is 2.46. The quantitative estimate of drug-likeness (QED) is 0.228. The van der Waals surface area contributed by atoms with Gasteiger partial charge in [0.25, 0.3) is 0 Å². The molecule has 0 unspecified atom stereocenters. The van der Waals surface area contributed by atoms with Gasteiger partial charge in [0.15, 0.2) is 0 Å². The lowest BCUT2D eigenvalue weighted by atomic mass is 10.1. The number of hydrazine groups is 1. The third-order valence-corrected chi connectivity index (χ3v) is 1.55. The van der Waals surface area contributed by atoms with Crippen molar-refractivity contribution in [2.75, 3.05) is 6.61 Å². The summed E-state index contributed by atoms with van der Waals surface area (Å²) in [5, 5.41) is 8.67. The Hall–Kier alpha value is -0.870. The molecular weight excluding hydrogens is 144 g/mol. The highest BCUT2D eigenvalue weighted by molar-refractivity contribution is 5.77. The lowest BCUT2D eigenvalue weighted by molar-refractivity contribution is -0.120. The molecule has 0 aliphatic rings. The monoisotopic (exact) mass is 158 g/mol. The molecule has 4 N–H and O–H groups in total. The first-order chi connectivity index (χ1) is 5.11. The first-order valence-corrected chi connectivity index (χ1v) is 3.37. The number of carbonyl (C=O) groups is 1. The fourth-order valence-corrected chi connectivity index (χ4v) is 0.578. The van der Waals surface area contributed by atoms with Gasteiger partial charge in [-0.05, 0) is 19.4 Å². The van der Waals surface area contributed by atoms with E-state index in [4.69, 9.17) is 10.9 Å². The Labute approximate surface area is 66.1 Å². The molecule has 0 aliphatic carbocycles. The molecule has 0 bridgehead atoms. The van der Waals surface area contributed by atoms with Crippen LogP contribution in [0.4, 0.5) is 0 Å². The SMILES string of the molecule is CC(CO)=C(C)CC(=O)NN. The summed E-state index contributed by atoms with van der Waals surface area (Å²) in [6.45, 7) is 3.56. The number of aliphatic hydroxyl groups is 1. The third-order valence-electron chi connectivity index (χ3n) is 1.55. The summed E-state index contributed by atoms with van der Waals surface area (Å²) in [6.07, 6.45) is 0.253. The highest BCUT2D eigenvalue weighted by Crippen LogP contribution is 2.05. The van der Waals surface area contributed by atoms with Gasteiger partial charge >= 0.3 is 0 Å². The lowest BCUT2D eigenvalue weighted by Gasteiger charge is -2.03. The van der Waals surface area contributed by atoms with Gasteiger partial charge in [-0.15, -0.1) is 0 Å². The van der Waals surface area contributed by atoms with E-state index in [1.54, 1.807) is 13.8 Å². The Bertz CT molecular complexity index is 175. The molecule has 0 aromatic heterocycles. The Kier molecular flexibility index (Phi) is 4.49. The van der Waals surface area contributed by atoms with Crippen LogP contribution in [-0.2, 0) is 4.79 Å². The summed E-state index contributed by atoms with van der Waals surface area (Å²) in [5.41, 5.74) is 3.69. The molecule has 0 aromatic rings. The van der Waals surface area contributed by atoms with E-state index in [9.17, 15) is 4.79 Å². The van der Waals surface area contributed by atoms with Crippen LogP contribution in [0, 0.1) is 0 Å². The second-order valence-electron chi connectivity index (χ2n) is 2.46. The average molecular weight is 158 g/mol. The van der Waals surface area contributed by atoms with Crippen molar-refractivity contribution in [1.82, 2.24) is 5.43 Å². The smallest absolute Gasteiger partial charge is 0.237 e. The van der Waals surface area contributed by atoms with Crippen LogP contribution in [0.1, 0.15) is 20.3 Å². The molecule has 0 rings (SSSR count). The van der Waals surface area contributed by atoms with Gasteiger partial charge in [-0.1, -0.05) is 5.57 Å². The van der Waals surface area contributed by atoms with Crippen molar-refractivity contribution in [2.45, 2.75) is 20.3 Å². The number of carbonyl (C=O) groups excluding carboxylic acids is 1. The van der Waals surface area contributed by atoms with E-state index in [-0.39, 0.29) is 18.9 Å². The van der Waals surface area contributed by atoms with Gasteiger partial charge in [-0.3, -0.25) is 10.2 Å². The average Bonchev–Trinajstić information content (AvgIpc) is 2.02. The summed E-state index contributed by atoms with van der Waals surface area (Å²) in [5.74, 6) is 4.64. The molecule has 0 spiro atoms. The van der Waals surface area contributed by atoms with E-state index in [0.717, 1.165) is 11.1 Å². The van der Waals surface area contributed by atoms with Gasteiger partial charge < -0.3 is 5.11 Å². The van der Waals surface area contributed by atoms with E-state index >= 15 is 0 Å². The fourth-order valence-electron chi connectivity index (χ4n) is 0.578. The van der Waals surface area contributed by atoms with E-state index in [1.165, 1.54) is 0 Å². The highest BCUT2D eigenvalue weighted by atomic mass is 16.3. The number of aliphatic hydroxyl groups excluding tert-OH is 1. The summed E-state index contributed by atoms with van der Waals surface area (Å²) in [7, 11) is 0. The van der Waals surface area contributed by atoms with E-state index < -0.39 is 0 Å². The number of rotatable bonds is 3. The molecule has 0 atom stereocenters. The predicted molar refractivity (Wildman–Crippen MR) is 42.4 cm³/mol. The topological polar surface area (TPSA) is 75.3 Å². The van der Waals surface area contributed by atoms with Crippen molar-refractivity contribution in [3.8, 4) is 0 Å². The maximum Gasteiger partial charge on any atom is 0.237 e. The summed E-state index contributed by atoms with van der Waals surface area (Å²) in [4.78, 5) is 10.7. The molecule has 0 aliphatic heterocycles. The summed E-state index contributed by atoms with van der Waals surface area (Å²) in [6, 6.07) is 0. The molecule has 0 heterocycles. The fraction of sp³-hybridized carbons (Fsp3) is 0.571. The van der Waals surface area contributed by atoms with Crippen LogP contribution in [0.25, 0.3) is 0 Å². The zero-order valence-electron chi connectivity index (χ0n) is 6.85. The Balaban J connectivity index is 4.05. The van der Waals surface area contributed by atoms with Crippen LogP contribution in [-0.4, -0.2) is 17.6 Å². The molecule has 4 heteroatoms. The zero-order chi connectivity index (χ0) is 8.85. The van der Waals surface area contributed by atoms with Crippen molar-refractivity contribution < 1.29 is 9.90 Å². The third kappa shape index (κ3) is 3.75. The Morgan fingerprint density at radius 1 is 1.45 bits per heavy atom. The Morgan fingerprint density at radius 3 is 2.36 bits per heavy atom.